The summed E-state index contributed by atoms with van der Waals surface area (Å²) in [6.45, 7) is 2.11. The molecular weight excluding hydrogens is 214 g/mol. The summed E-state index contributed by atoms with van der Waals surface area (Å²) in [5, 5.41) is 11.9. The Morgan fingerprint density at radius 1 is 1.35 bits per heavy atom. The van der Waals surface area contributed by atoms with Gasteiger partial charge in [-0.1, -0.05) is 6.07 Å². The molecule has 0 saturated carbocycles. The lowest BCUT2D eigenvalue weighted by molar-refractivity contribution is 0.283. The van der Waals surface area contributed by atoms with Gasteiger partial charge in [-0.15, -0.1) is 0 Å². The summed E-state index contributed by atoms with van der Waals surface area (Å²) in [4.78, 5) is 6.62. The van der Waals surface area contributed by atoms with Crippen molar-refractivity contribution in [3.8, 4) is 0 Å². The SMILES string of the molecule is CNCc1cccnc1N(C)CCCCCO. The van der Waals surface area contributed by atoms with Gasteiger partial charge in [-0.2, -0.15) is 0 Å². The smallest absolute Gasteiger partial charge is 0.132 e. The molecule has 0 aliphatic carbocycles. The van der Waals surface area contributed by atoms with Gasteiger partial charge in [0.1, 0.15) is 5.82 Å². The van der Waals surface area contributed by atoms with Crippen LogP contribution in [0.4, 0.5) is 5.82 Å². The van der Waals surface area contributed by atoms with E-state index < -0.39 is 0 Å². The van der Waals surface area contributed by atoms with Crippen LogP contribution in [0.1, 0.15) is 24.8 Å². The van der Waals surface area contributed by atoms with E-state index in [4.69, 9.17) is 5.11 Å². The normalized spacial score (nSPS) is 10.5. The lowest BCUT2D eigenvalue weighted by Crippen LogP contribution is -2.22. The molecule has 96 valence electrons. The zero-order valence-corrected chi connectivity index (χ0v) is 10.8. The number of aliphatic hydroxyl groups is 1. The van der Waals surface area contributed by atoms with Crippen molar-refractivity contribution in [2.24, 2.45) is 0 Å². The quantitative estimate of drug-likeness (QED) is 0.671. The first-order valence-corrected chi connectivity index (χ1v) is 6.20. The van der Waals surface area contributed by atoms with Crippen LogP contribution in [0, 0.1) is 0 Å². The van der Waals surface area contributed by atoms with Gasteiger partial charge < -0.3 is 15.3 Å². The molecule has 0 unspecified atom stereocenters. The molecule has 0 atom stereocenters. The minimum atomic E-state index is 0.290. The van der Waals surface area contributed by atoms with E-state index >= 15 is 0 Å². The zero-order valence-electron chi connectivity index (χ0n) is 10.8. The van der Waals surface area contributed by atoms with Crippen molar-refractivity contribution < 1.29 is 5.11 Å². The molecule has 2 N–H and O–H groups in total. The van der Waals surface area contributed by atoms with Crippen molar-refractivity contribution in [1.29, 1.82) is 0 Å². The summed E-state index contributed by atoms with van der Waals surface area (Å²) < 4.78 is 0. The highest BCUT2D eigenvalue weighted by Gasteiger charge is 2.07. The second-order valence-electron chi connectivity index (χ2n) is 4.22. The number of aromatic nitrogens is 1. The van der Waals surface area contributed by atoms with Crippen molar-refractivity contribution in [3.63, 3.8) is 0 Å². The third-order valence-corrected chi connectivity index (χ3v) is 2.75. The minimum Gasteiger partial charge on any atom is -0.396 e. The zero-order chi connectivity index (χ0) is 12.5. The fourth-order valence-electron chi connectivity index (χ4n) is 1.85. The molecular formula is C13H23N3O. The molecule has 1 aromatic rings. The summed E-state index contributed by atoms with van der Waals surface area (Å²) in [6, 6.07) is 4.07. The Bertz CT molecular complexity index is 317. The Balaban J connectivity index is 2.52. The third-order valence-electron chi connectivity index (χ3n) is 2.75. The Hall–Kier alpha value is -1.13. The number of aliphatic hydroxyl groups excluding tert-OH is 1. The summed E-state index contributed by atoms with van der Waals surface area (Å²) in [5.41, 5.74) is 1.22. The molecule has 0 saturated heterocycles. The van der Waals surface area contributed by atoms with Crippen LogP contribution < -0.4 is 10.2 Å². The van der Waals surface area contributed by atoms with E-state index in [1.54, 1.807) is 0 Å². The molecule has 0 aromatic carbocycles. The maximum atomic E-state index is 8.73. The van der Waals surface area contributed by atoms with Crippen LogP contribution in [0.5, 0.6) is 0 Å². The molecule has 0 bridgehead atoms. The molecule has 0 aliphatic heterocycles. The van der Waals surface area contributed by atoms with E-state index in [0.717, 1.165) is 38.2 Å². The molecule has 0 aliphatic rings. The van der Waals surface area contributed by atoms with Crippen molar-refractivity contribution in [2.45, 2.75) is 25.8 Å². The van der Waals surface area contributed by atoms with Crippen LogP contribution in [-0.2, 0) is 6.54 Å². The predicted molar refractivity (Wildman–Crippen MR) is 71.2 cm³/mol. The molecule has 4 heteroatoms. The van der Waals surface area contributed by atoms with Crippen LogP contribution in [0.2, 0.25) is 0 Å². The number of anilines is 1. The lowest BCUT2D eigenvalue weighted by Gasteiger charge is -2.21. The Morgan fingerprint density at radius 3 is 2.88 bits per heavy atom. The maximum Gasteiger partial charge on any atom is 0.132 e. The van der Waals surface area contributed by atoms with E-state index in [1.165, 1.54) is 5.56 Å². The summed E-state index contributed by atoms with van der Waals surface area (Å²) in [5.74, 6) is 1.05. The first-order chi connectivity index (χ1) is 8.29. The van der Waals surface area contributed by atoms with Crippen molar-refractivity contribution >= 4 is 5.82 Å². The minimum absolute atomic E-state index is 0.290. The standard InChI is InChI=1S/C13H23N3O/c1-14-11-12-7-6-8-15-13(12)16(2)9-4-3-5-10-17/h6-8,14,17H,3-5,9-11H2,1-2H3. The molecule has 0 radical (unpaired) electrons. The van der Waals surface area contributed by atoms with Gasteiger partial charge in [0.05, 0.1) is 0 Å². The first kappa shape index (κ1) is 13.9. The fourth-order valence-corrected chi connectivity index (χ4v) is 1.85. The van der Waals surface area contributed by atoms with Crippen molar-refractivity contribution in [3.05, 3.63) is 23.9 Å². The molecule has 4 nitrogen and oxygen atoms in total. The van der Waals surface area contributed by atoms with Crippen LogP contribution in [0.3, 0.4) is 0 Å². The van der Waals surface area contributed by atoms with E-state index in [1.807, 2.05) is 19.3 Å². The average Bonchev–Trinajstić information content (AvgIpc) is 2.35. The van der Waals surface area contributed by atoms with E-state index in [9.17, 15) is 0 Å². The summed E-state index contributed by atoms with van der Waals surface area (Å²) in [6.07, 6.45) is 4.87. The number of nitrogens with zero attached hydrogens (tertiary/aromatic N) is 2. The second-order valence-corrected chi connectivity index (χ2v) is 4.22. The van der Waals surface area contributed by atoms with Gasteiger partial charge >= 0.3 is 0 Å². The lowest BCUT2D eigenvalue weighted by atomic mass is 10.2. The number of rotatable bonds is 8. The number of nitrogens with one attached hydrogen (secondary N) is 1. The number of unbranched alkanes of at least 4 members (excludes halogenated alkanes) is 2. The molecule has 0 fully saturated rings. The van der Waals surface area contributed by atoms with Crippen molar-refractivity contribution in [1.82, 2.24) is 10.3 Å². The molecule has 0 spiro atoms. The third kappa shape index (κ3) is 4.71. The van der Waals surface area contributed by atoms with E-state index in [-0.39, 0.29) is 6.61 Å². The number of hydrogen-bond donors (Lipinski definition) is 2. The van der Waals surface area contributed by atoms with Gasteiger partial charge in [-0.25, -0.2) is 4.98 Å². The van der Waals surface area contributed by atoms with Crippen LogP contribution >= 0.6 is 0 Å². The fraction of sp³-hybridized carbons (Fsp3) is 0.615. The van der Waals surface area contributed by atoms with Crippen LogP contribution in [0.15, 0.2) is 18.3 Å². The van der Waals surface area contributed by atoms with Gasteiger partial charge in [0.25, 0.3) is 0 Å². The monoisotopic (exact) mass is 237 g/mol. The van der Waals surface area contributed by atoms with Gasteiger partial charge in [0, 0.05) is 38.5 Å². The van der Waals surface area contributed by atoms with Gasteiger partial charge in [-0.3, -0.25) is 0 Å². The molecule has 1 heterocycles. The molecule has 1 aromatic heterocycles. The summed E-state index contributed by atoms with van der Waals surface area (Å²) in [7, 11) is 4.01. The Morgan fingerprint density at radius 2 is 2.18 bits per heavy atom. The van der Waals surface area contributed by atoms with Crippen molar-refractivity contribution in [2.75, 3.05) is 32.1 Å². The summed E-state index contributed by atoms with van der Waals surface area (Å²) >= 11 is 0. The highest BCUT2D eigenvalue weighted by atomic mass is 16.2. The molecule has 0 amide bonds. The largest absolute Gasteiger partial charge is 0.396 e. The highest BCUT2D eigenvalue weighted by molar-refractivity contribution is 5.45. The van der Waals surface area contributed by atoms with Gasteiger partial charge in [0.2, 0.25) is 0 Å². The number of pyridine rings is 1. The molecule has 1 rings (SSSR count). The predicted octanol–water partition coefficient (Wildman–Crippen LogP) is 1.40. The Labute approximate surface area is 104 Å². The van der Waals surface area contributed by atoms with Gasteiger partial charge in [-0.05, 0) is 32.4 Å². The number of hydrogen-bond acceptors (Lipinski definition) is 4. The maximum absolute atomic E-state index is 8.73. The first-order valence-electron chi connectivity index (χ1n) is 6.20. The topological polar surface area (TPSA) is 48.4 Å². The second kappa shape index (κ2) is 8.03. The Kier molecular flexibility index (Phi) is 6.58. The molecule has 17 heavy (non-hydrogen) atoms. The average molecular weight is 237 g/mol. The highest BCUT2D eigenvalue weighted by Crippen LogP contribution is 2.16. The van der Waals surface area contributed by atoms with Crippen LogP contribution in [0.25, 0.3) is 0 Å². The van der Waals surface area contributed by atoms with E-state index in [2.05, 4.69) is 28.3 Å². The van der Waals surface area contributed by atoms with E-state index in [0.29, 0.717) is 0 Å². The van der Waals surface area contributed by atoms with Crippen LogP contribution in [-0.4, -0.2) is 37.3 Å². The van der Waals surface area contributed by atoms with Gasteiger partial charge in [0.15, 0.2) is 0 Å².